The molecule has 0 atom stereocenters. The highest BCUT2D eigenvalue weighted by Gasteiger charge is 2.44. The zero-order valence-electron chi connectivity index (χ0n) is 8.11. The van der Waals surface area contributed by atoms with Gasteiger partial charge in [0.1, 0.15) is 0 Å². The summed E-state index contributed by atoms with van der Waals surface area (Å²) >= 11 is 0. The van der Waals surface area contributed by atoms with Crippen LogP contribution in [0.4, 0.5) is 13.2 Å². The van der Waals surface area contributed by atoms with E-state index in [9.17, 15) is 13.2 Å². The maximum atomic E-state index is 10.7. The number of rotatable bonds is 0. The standard InChI is InChI=1S/C5H10N2.CHF3O3S/c1-5-6-3-4-7(5)2;2-1(3,4)8(5,6)7/h3-4H2,1-2H3;(H,5,6,7). The zero-order valence-corrected chi connectivity index (χ0v) is 8.93. The Morgan fingerprint density at radius 2 is 1.87 bits per heavy atom. The van der Waals surface area contributed by atoms with Crippen LogP contribution in [0.3, 0.4) is 0 Å². The van der Waals surface area contributed by atoms with E-state index in [2.05, 4.69) is 16.9 Å². The fourth-order valence-corrected chi connectivity index (χ4v) is 0.644. The van der Waals surface area contributed by atoms with Gasteiger partial charge < -0.3 is 4.90 Å². The van der Waals surface area contributed by atoms with E-state index in [0.717, 1.165) is 13.1 Å². The molecule has 1 N–H and O–H groups in total. The van der Waals surface area contributed by atoms with Crippen LogP contribution < -0.4 is 0 Å². The lowest BCUT2D eigenvalue weighted by Gasteiger charge is -2.07. The van der Waals surface area contributed by atoms with Gasteiger partial charge in [-0.3, -0.25) is 9.55 Å². The van der Waals surface area contributed by atoms with Crippen molar-refractivity contribution in [3.05, 3.63) is 0 Å². The summed E-state index contributed by atoms with van der Waals surface area (Å²) in [5.74, 6) is 1.17. The van der Waals surface area contributed by atoms with E-state index in [1.54, 1.807) is 0 Å². The van der Waals surface area contributed by atoms with Gasteiger partial charge in [0, 0.05) is 13.6 Å². The summed E-state index contributed by atoms with van der Waals surface area (Å²) in [5, 5.41) is 0. The first kappa shape index (κ1) is 14.2. The number of alkyl halides is 3. The third-order valence-corrected chi connectivity index (χ3v) is 2.21. The van der Waals surface area contributed by atoms with Crippen LogP contribution in [0.1, 0.15) is 6.92 Å². The number of aliphatic imine (C=N–C) groups is 1. The maximum Gasteiger partial charge on any atom is 0.522 e. The Hall–Kier alpha value is -0.830. The Morgan fingerprint density at radius 3 is 1.93 bits per heavy atom. The SMILES string of the molecule is CC1=NCCN1C.O=S(=O)(O)C(F)(F)F. The Kier molecular flexibility index (Phi) is 4.53. The van der Waals surface area contributed by atoms with Crippen LogP contribution in [0.2, 0.25) is 0 Å². The predicted molar refractivity (Wildman–Crippen MR) is 48.2 cm³/mol. The molecular weight excluding hydrogens is 237 g/mol. The van der Waals surface area contributed by atoms with E-state index >= 15 is 0 Å². The lowest BCUT2D eigenvalue weighted by Crippen LogP contribution is -2.21. The van der Waals surface area contributed by atoms with E-state index in [-0.39, 0.29) is 0 Å². The van der Waals surface area contributed by atoms with Crippen molar-refractivity contribution in [2.24, 2.45) is 4.99 Å². The second kappa shape index (κ2) is 4.79. The minimum absolute atomic E-state index is 0.988. The molecule has 5 nitrogen and oxygen atoms in total. The normalized spacial score (nSPS) is 16.9. The van der Waals surface area contributed by atoms with E-state index < -0.39 is 15.6 Å². The molecule has 1 heterocycles. The molecule has 0 saturated carbocycles. The molecule has 0 aromatic carbocycles. The highest BCUT2D eigenvalue weighted by molar-refractivity contribution is 7.86. The van der Waals surface area contributed by atoms with Crippen LogP contribution in [-0.2, 0) is 10.1 Å². The largest absolute Gasteiger partial charge is 0.522 e. The topological polar surface area (TPSA) is 70.0 Å². The van der Waals surface area contributed by atoms with Crippen molar-refractivity contribution in [3.8, 4) is 0 Å². The molecule has 0 spiro atoms. The van der Waals surface area contributed by atoms with Crippen LogP contribution in [0.15, 0.2) is 4.99 Å². The molecule has 0 bridgehead atoms. The van der Waals surface area contributed by atoms with E-state index in [4.69, 9.17) is 13.0 Å². The molecule has 9 heteroatoms. The van der Waals surface area contributed by atoms with Crippen molar-refractivity contribution in [3.63, 3.8) is 0 Å². The van der Waals surface area contributed by atoms with Crippen molar-refractivity contribution >= 4 is 16.0 Å². The molecule has 15 heavy (non-hydrogen) atoms. The Balaban J connectivity index is 0.000000262. The van der Waals surface area contributed by atoms with Crippen molar-refractivity contribution in [2.45, 2.75) is 12.4 Å². The van der Waals surface area contributed by atoms with Crippen molar-refractivity contribution < 1.29 is 26.1 Å². The third kappa shape index (κ3) is 4.98. The second-order valence-electron chi connectivity index (χ2n) is 2.77. The molecule has 0 amide bonds. The molecule has 90 valence electrons. The quantitative estimate of drug-likeness (QED) is 0.507. The number of hydrogen-bond acceptors (Lipinski definition) is 4. The highest BCUT2D eigenvalue weighted by atomic mass is 32.2. The fourth-order valence-electron chi connectivity index (χ4n) is 0.644. The summed E-state index contributed by atoms with van der Waals surface area (Å²) in [5.41, 5.74) is -5.53. The first-order valence-corrected chi connectivity index (χ1v) is 5.25. The molecule has 0 aromatic rings. The highest BCUT2D eigenvalue weighted by Crippen LogP contribution is 2.20. The number of halogens is 3. The summed E-state index contributed by atoms with van der Waals surface area (Å²) in [6, 6.07) is 0. The van der Waals surface area contributed by atoms with Crippen molar-refractivity contribution in [2.75, 3.05) is 20.1 Å². The molecule has 0 aromatic heterocycles. The maximum absolute atomic E-state index is 10.7. The van der Waals surface area contributed by atoms with Crippen molar-refractivity contribution in [1.82, 2.24) is 4.90 Å². The smallest absolute Gasteiger partial charge is 0.362 e. The molecule has 0 radical (unpaired) electrons. The average molecular weight is 248 g/mol. The van der Waals surface area contributed by atoms with Gasteiger partial charge in [0.05, 0.1) is 12.4 Å². The lowest BCUT2D eigenvalue weighted by molar-refractivity contribution is -0.0510. The molecule has 0 saturated heterocycles. The number of hydrogen-bond donors (Lipinski definition) is 1. The third-order valence-electron chi connectivity index (χ3n) is 1.62. The van der Waals surface area contributed by atoms with Gasteiger partial charge in [-0.05, 0) is 6.92 Å². The predicted octanol–water partition coefficient (Wildman–Crippen LogP) is 0.744. The molecule has 1 aliphatic rings. The Labute approximate surface area is 85.3 Å². The van der Waals surface area contributed by atoms with Crippen LogP contribution in [0, 0.1) is 0 Å². The van der Waals surface area contributed by atoms with Crippen LogP contribution in [0.5, 0.6) is 0 Å². The van der Waals surface area contributed by atoms with Gasteiger partial charge in [0.25, 0.3) is 0 Å². The van der Waals surface area contributed by atoms with Gasteiger partial charge in [-0.25, -0.2) is 0 Å². The van der Waals surface area contributed by atoms with Gasteiger partial charge in [0.15, 0.2) is 0 Å². The minimum atomic E-state index is -5.84. The summed E-state index contributed by atoms with van der Waals surface area (Å²) < 4.78 is 57.5. The molecule has 1 aliphatic heterocycles. The van der Waals surface area contributed by atoms with Gasteiger partial charge in [0.2, 0.25) is 0 Å². The van der Waals surface area contributed by atoms with Crippen LogP contribution in [0.25, 0.3) is 0 Å². The Bertz CT molecular complexity index is 336. The van der Waals surface area contributed by atoms with Crippen LogP contribution >= 0.6 is 0 Å². The minimum Gasteiger partial charge on any atom is -0.362 e. The molecule has 1 rings (SSSR count). The van der Waals surface area contributed by atoms with Gasteiger partial charge in [-0.2, -0.15) is 21.6 Å². The molecule has 0 fully saturated rings. The van der Waals surface area contributed by atoms with Gasteiger partial charge in [-0.15, -0.1) is 0 Å². The molecule has 0 aliphatic carbocycles. The van der Waals surface area contributed by atoms with Gasteiger partial charge in [-0.1, -0.05) is 0 Å². The summed E-state index contributed by atoms with van der Waals surface area (Å²) in [4.78, 5) is 6.31. The van der Waals surface area contributed by atoms with E-state index in [0.29, 0.717) is 0 Å². The summed E-state index contributed by atoms with van der Waals surface area (Å²) in [7, 11) is -3.78. The Morgan fingerprint density at radius 1 is 1.47 bits per heavy atom. The zero-order chi connectivity index (χ0) is 12.3. The summed E-state index contributed by atoms with van der Waals surface area (Å²) in [6.07, 6.45) is 0. The molecular formula is C6H11F3N2O3S. The monoisotopic (exact) mass is 248 g/mol. The van der Waals surface area contributed by atoms with Gasteiger partial charge >= 0.3 is 15.6 Å². The van der Waals surface area contributed by atoms with Crippen molar-refractivity contribution in [1.29, 1.82) is 0 Å². The summed E-state index contributed by atoms with van der Waals surface area (Å²) in [6.45, 7) is 4.13. The number of amidine groups is 1. The van der Waals surface area contributed by atoms with Crippen LogP contribution in [-0.4, -0.2) is 49.4 Å². The van der Waals surface area contributed by atoms with E-state index in [1.807, 2.05) is 6.92 Å². The second-order valence-corrected chi connectivity index (χ2v) is 4.18. The molecule has 0 unspecified atom stereocenters. The fraction of sp³-hybridized carbons (Fsp3) is 0.833. The van der Waals surface area contributed by atoms with E-state index in [1.165, 1.54) is 5.84 Å². The average Bonchev–Trinajstić information content (AvgIpc) is 2.33. The number of likely N-dealkylation sites (N-methyl/N-ethyl adjacent to an activating group) is 1. The first-order valence-electron chi connectivity index (χ1n) is 3.81. The first-order chi connectivity index (χ1) is 6.55. The lowest BCUT2D eigenvalue weighted by atomic mass is 10.6. The number of nitrogens with zero attached hydrogens (tertiary/aromatic N) is 2.